The SMILES string of the molecule is C[C@H](OS(=O)(=O)O)[C@H](C)n1ncn(-c2ccc(C3CCC(c4ccc(CC[C@H]5CO[C@](Cn6cncn6)(c6ccccc6)O5)cc4)CC3)cc2)c1=O. The highest BCUT2D eigenvalue weighted by Gasteiger charge is 2.43. The molecule has 1 aliphatic heterocycles. The van der Waals surface area contributed by atoms with Crippen LogP contribution in [0.3, 0.4) is 0 Å². The molecule has 3 heterocycles. The zero-order valence-electron chi connectivity index (χ0n) is 29.3. The molecule has 0 bridgehead atoms. The first-order valence-corrected chi connectivity index (χ1v) is 19.1. The molecule has 4 atom stereocenters. The minimum Gasteiger partial charge on any atom is -0.342 e. The van der Waals surface area contributed by atoms with Gasteiger partial charge in [-0.25, -0.2) is 27.9 Å². The van der Waals surface area contributed by atoms with E-state index in [2.05, 4.69) is 55.8 Å². The standard InChI is InChI=1S/C38H44N6O7S/c1-27(28(2)51-52(46,47)48)44-37(45)43(26-41-44)35-19-17-33(18-20-35)32-15-13-31(14-16-32)30-11-8-29(9-12-30)10-21-36-22-49-38(50-36,23-42-25-39-24-40-42)34-6-4-3-5-7-34/h3-9,11-12,17-20,24-28,31-32,36H,10,13-16,21-23H2,1-2H3,(H,46,47,48)/t27-,28-,31?,32?,36-,38-/m0/s1. The van der Waals surface area contributed by atoms with Crippen molar-refractivity contribution in [3.05, 3.63) is 131 Å². The Bertz CT molecular complexity index is 2080. The van der Waals surface area contributed by atoms with Crippen LogP contribution in [0.5, 0.6) is 0 Å². The van der Waals surface area contributed by atoms with Crippen LogP contribution in [-0.2, 0) is 42.8 Å². The highest BCUT2D eigenvalue weighted by atomic mass is 32.3. The molecule has 0 amide bonds. The van der Waals surface area contributed by atoms with Gasteiger partial charge in [-0.2, -0.15) is 18.6 Å². The fourth-order valence-corrected chi connectivity index (χ4v) is 7.99. The molecule has 13 nitrogen and oxygen atoms in total. The predicted octanol–water partition coefficient (Wildman–Crippen LogP) is 5.74. The molecule has 0 unspecified atom stereocenters. The quantitative estimate of drug-likeness (QED) is 0.149. The monoisotopic (exact) mass is 728 g/mol. The van der Waals surface area contributed by atoms with Crippen LogP contribution in [0.4, 0.5) is 0 Å². The Hall–Kier alpha value is -4.47. The van der Waals surface area contributed by atoms with E-state index in [-0.39, 0.29) is 6.10 Å². The van der Waals surface area contributed by atoms with Crippen LogP contribution >= 0.6 is 0 Å². The molecule has 274 valence electrons. The number of rotatable bonds is 13. The summed E-state index contributed by atoms with van der Waals surface area (Å²) in [5, 5.41) is 8.43. The molecular formula is C38H44N6O7S. The molecule has 1 saturated heterocycles. The van der Waals surface area contributed by atoms with E-state index in [4.69, 9.17) is 14.0 Å². The normalized spacial score (nSPS) is 23.4. The average molecular weight is 729 g/mol. The van der Waals surface area contributed by atoms with Crippen LogP contribution in [0.2, 0.25) is 0 Å². The second-order valence-electron chi connectivity index (χ2n) is 13.9. The van der Waals surface area contributed by atoms with Crippen LogP contribution in [0.1, 0.15) is 86.1 Å². The van der Waals surface area contributed by atoms with Crippen LogP contribution in [-0.4, -0.2) is 60.9 Å². The first kappa shape index (κ1) is 35.9. The zero-order chi connectivity index (χ0) is 36.3. The van der Waals surface area contributed by atoms with Crippen molar-refractivity contribution < 1.29 is 26.6 Å². The number of hydrogen-bond donors (Lipinski definition) is 1. The summed E-state index contributed by atoms with van der Waals surface area (Å²) < 4.78 is 53.1. The molecule has 5 aromatic rings. The Morgan fingerprint density at radius 2 is 1.56 bits per heavy atom. The highest BCUT2D eigenvalue weighted by Crippen LogP contribution is 2.41. The summed E-state index contributed by atoms with van der Waals surface area (Å²) in [5.41, 5.74) is 5.13. The van der Waals surface area contributed by atoms with Gasteiger partial charge in [0.2, 0.25) is 5.79 Å². The molecule has 1 saturated carbocycles. The maximum Gasteiger partial charge on any atom is 0.397 e. The summed E-state index contributed by atoms with van der Waals surface area (Å²) in [7, 11) is -4.65. The van der Waals surface area contributed by atoms with Gasteiger partial charge in [-0.1, -0.05) is 66.7 Å². The smallest absolute Gasteiger partial charge is 0.342 e. The number of hydrogen-bond acceptors (Lipinski definition) is 9. The number of aryl methyl sites for hydroxylation is 1. The number of benzene rings is 3. The van der Waals surface area contributed by atoms with Gasteiger partial charge in [-0.3, -0.25) is 4.55 Å². The van der Waals surface area contributed by atoms with Crippen LogP contribution in [0.15, 0.2) is 103 Å². The summed E-state index contributed by atoms with van der Waals surface area (Å²) in [6, 6.07) is 26.4. The molecule has 2 fully saturated rings. The van der Waals surface area contributed by atoms with Crippen molar-refractivity contribution in [2.75, 3.05) is 6.61 Å². The lowest BCUT2D eigenvalue weighted by atomic mass is 9.76. The molecule has 14 heteroatoms. The van der Waals surface area contributed by atoms with Gasteiger partial charge >= 0.3 is 16.1 Å². The van der Waals surface area contributed by atoms with Crippen LogP contribution < -0.4 is 5.69 Å². The first-order chi connectivity index (χ1) is 25.1. The van der Waals surface area contributed by atoms with Crippen LogP contribution in [0.25, 0.3) is 5.69 Å². The third-order valence-corrected chi connectivity index (χ3v) is 11.1. The predicted molar refractivity (Wildman–Crippen MR) is 192 cm³/mol. The van der Waals surface area contributed by atoms with E-state index in [9.17, 15) is 13.2 Å². The Labute approximate surface area is 303 Å². The van der Waals surface area contributed by atoms with Crippen molar-refractivity contribution in [3.63, 3.8) is 0 Å². The minimum absolute atomic E-state index is 0.0282. The van der Waals surface area contributed by atoms with Gasteiger partial charge in [0.25, 0.3) is 0 Å². The van der Waals surface area contributed by atoms with Gasteiger partial charge in [0.05, 0.1) is 30.5 Å². The topological polar surface area (TPSA) is 153 Å². The Balaban J connectivity index is 0.905. The van der Waals surface area contributed by atoms with E-state index in [1.54, 1.807) is 17.9 Å². The lowest BCUT2D eigenvalue weighted by Crippen LogP contribution is -2.34. The zero-order valence-corrected chi connectivity index (χ0v) is 30.1. The lowest BCUT2D eigenvalue weighted by Gasteiger charge is -2.29. The minimum atomic E-state index is -4.65. The molecule has 0 radical (unpaired) electrons. The summed E-state index contributed by atoms with van der Waals surface area (Å²) in [6.07, 6.45) is 9.75. The van der Waals surface area contributed by atoms with E-state index in [1.165, 1.54) is 40.8 Å². The first-order valence-electron chi connectivity index (χ1n) is 17.8. The Morgan fingerprint density at radius 3 is 2.17 bits per heavy atom. The molecule has 2 aliphatic rings. The van der Waals surface area contributed by atoms with Crippen LogP contribution in [0, 0.1) is 0 Å². The van der Waals surface area contributed by atoms with Crippen molar-refractivity contribution in [2.24, 2.45) is 0 Å². The summed E-state index contributed by atoms with van der Waals surface area (Å²) in [4.78, 5) is 17.1. The highest BCUT2D eigenvalue weighted by molar-refractivity contribution is 7.80. The fraction of sp³-hybridized carbons (Fsp3) is 0.421. The molecule has 52 heavy (non-hydrogen) atoms. The van der Waals surface area contributed by atoms with Crippen molar-refractivity contribution >= 4 is 10.4 Å². The van der Waals surface area contributed by atoms with E-state index in [0.717, 1.165) is 48.8 Å². The number of aromatic nitrogens is 6. The Morgan fingerprint density at radius 1 is 0.904 bits per heavy atom. The maximum atomic E-state index is 13.1. The van der Waals surface area contributed by atoms with Gasteiger partial charge in [0.15, 0.2) is 0 Å². The summed E-state index contributed by atoms with van der Waals surface area (Å²) in [6.45, 7) is 4.01. The second kappa shape index (κ2) is 15.2. The average Bonchev–Trinajstić information content (AvgIpc) is 3.92. The lowest BCUT2D eigenvalue weighted by molar-refractivity contribution is -0.189. The van der Waals surface area contributed by atoms with E-state index in [1.807, 2.05) is 42.5 Å². The van der Waals surface area contributed by atoms with Crippen molar-refractivity contribution in [2.45, 2.75) is 94.8 Å². The van der Waals surface area contributed by atoms with Gasteiger partial charge < -0.3 is 9.47 Å². The third kappa shape index (κ3) is 8.11. The second-order valence-corrected chi connectivity index (χ2v) is 14.9. The van der Waals surface area contributed by atoms with Gasteiger partial charge in [0, 0.05) is 5.56 Å². The maximum absolute atomic E-state index is 13.1. The third-order valence-electron chi connectivity index (χ3n) is 10.5. The summed E-state index contributed by atoms with van der Waals surface area (Å²) in [5.74, 6) is 0.0845. The van der Waals surface area contributed by atoms with Crippen molar-refractivity contribution in [1.29, 1.82) is 0 Å². The van der Waals surface area contributed by atoms with E-state index >= 15 is 0 Å². The molecule has 1 N–H and O–H groups in total. The Kier molecular flexibility index (Phi) is 10.5. The molecular weight excluding hydrogens is 685 g/mol. The molecule has 1 aliphatic carbocycles. The van der Waals surface area contributed by atoms with Crippen molar-refractivity contribution in [3.8, 4) is 5.69 Å². The van der Waals surface area contributed by atoms with Gasteiger partial charge in [-0.05, 0) is 93.0 Å². The largest absolute Gasteiger partial charge is 0.397 e. The molecule has 3 aromatic carbocycles. The van der Waals surface area contributed by atoms with E-state index < -0.39 is 34.0 Å². The van der Waals surface area contributed by atoms with Crippen molar-refractivity contribution in [1.82, 2.24) is 29.1 Å². The van der Waals surface area contributed by atoms with Gasteiger partial charge in [-0.15, -0.1) is 0 Å². The van der Waals surface area contributed by atoms with E-state index in [0.29, 0.717) is 30.7 Å². The number of nitrogens with zero attached hydrogens (tertiary/aromatic N) is 6. The summed E-state index contributed by atoms with van der Waals surface area (Å²) >= 11 is 0. The molecule has 2 aromatic heterocycles. The number of ether oxygens (including phenoxy) is 2. The molecule has 7 rings (SSSR count). The molecule has 0 spiro atoms. The fourth-order valence-electron chi connectivity index (χ4n) is 7.45. The van der Waals surface area contributed by atoms with Gasteiger partial charge in [0.1, 0.15) is 25.5 Å².